The van der Waals surface area contributed by atoms with E-state index in [1.807, 2.05) is 0 Å². The van der Waals surface area contributed by atoms with Crippen molar-refractivity contribution in [3.05, 3.63) is 29.6 Å². The quantitative estimate of drug-likeness (QED) is 0.757. The molecule has 2 rings (SSSR count). The van der Waals surface area contributed by atoms with Crippen molar-refractivity contribution in [2.75, 3.05) is 11.9 Å². The molecule has 0 spiro atoms. The number of benzene rings is 1. The lowest BCUT2D eigenvalue weighted by atomic mass is 10.0. The summed E-state index contributed by atoms with van der Waals surface area (Å²) in [6.07, 6.45) is 3.15. The van der Waals surface area contributed by atoms with Crippen LogP contribution >= 0.6 is 0 Å². The summed E-state index contributed by atoms with van der Waals surface area (Å²) < 4.78 is 13.6. The monoisotopic (exact) mass is 251 g/mol. The third-order valence-electron chi connectivity index (χ3n) is 3.56. The Balaban J connectivity index is 2.23. The molecule has 0 radical (unpaired) electrons. The van der Waals surface area contributed by atoms with Gasteiger partial charge in [-0.05, 0) is 37.4 Å². The number of nitrogens with two attached hydrogens (primary N) is 2. The lowest BCUT2D eigenvalue weighted by Crippen LogP contribution is -2.30. The summed E-state index contributed by atoms with van der Waals surface area (Å²) in [5.41, 5.74) is 11.3. The van der Waals surface area contributed by atoms with Crippen LogP contribution in [0.5, 0.6) is 0 Å². The minimum atomic E-state index is -0.752. The van der Waals surface area contributed by atoms with Crippen LogP contribution in [0.25, 0.3) is 0 Å². The molecule has 1 saturated carbocycles. The number of nitrogens with one attached hydrogen (secondary N) is 1. The number of carbonyl (C=O) groups is 1. The van der Waals surface area contributed by atoms with Crippen molar-refractivity contribution in [3.8, 4) is 0 Å². The fourth-order valence-corrected chi connectivity index (χ4v) is 2.60. The van der Waals surface area contributed by atoms with Gasteiger partial charge in [-0.3, -0.25) is 4.79 Å². The van der Waals surface area contributed by atoms with Gasteiger partial charge in [0.1, 0.15) is 5.82 Å². The van der Waals surface area contributed by atoms with Gasteiger partial charge in [-0.15, -0.1) is 0 Å². The van der Waals surface area contributed by atoms with Crippen LogP contribution in [0.3, 0.4) is 0 Å². The van der Waals surface area contributed by atoms with Crippen molar-refractivity contribution in [2.24, 2.45) is 17.4 Å². The van der Waals surface area contributed by atoms with Gasteiger partial charge in [0.2, 0.25) is 0 Å². The van der Waals surface area contributed by atoms with E-state index < -0.39 is 11.7 Å². The summed E-state index contributed by atoms with van der Waals surface area (Å²) in [5, 5.41) is 3.21. The van der Waals surface area contributed by atoms with Gasteiger partial charge in [0, 0.05) is 6.04 Å². The summed E-state index contributed by atoms with van der Waals surface area (Å²) in [6.45, 7) is 0.596. The zero-order valence-electron chi connectivity index (χ0n) is 10.2. The molecule has 1 aliphatic rings. The predicted octanol–water partition coefficient (Wildman–Crippen LogP) is 1.46. The van der Waals surface area contributed by atoms with E-state index in [1.165, 1.54) is 6.07 Å². The molecule has 18 heavy (non-hydrogen) atoms. The Morgan fingerprint density at radius 1 is 1.44 bits per heavy atom. The molecular weight excluding hydrogens is 233 g/mol. The first-order chi connectivity index (χ1) is 8.63. The first-order valence-electron chi connectivity index (χ1n) is 6.18. The Labute approximate surface area is 106 Å². The third kappa shape index (κ3) is 2.46. The Hall–Kier alpha value is -1.62. The van der Waals surface area contributed by atoms with Gasteiger partial charge in [0.15, 0.2) is 0 Å². The average molecular weight is 251 g/mol. The molecule has 5 heteroatoms. The lowest BCUT2D eigenvalue weighted by molar-refractivity contribution is 0.0997. The van der Waals surface area contributed by atoms with Gasteiger partial charge in [-0.1, -0.05) is 12.5 Å². The minimum absolute atomic E-state index is 0.0693. The number of amides is 1. The normalized spacial score (nSPS) is 23.0. The van der Waals surface area contributed by atoms with Gasteiger partial charge >= 0.3 is 0 Å². The van der Waals surface area contributed by atoms with E-state index in [2.05, 4.69) is 5.32 Å². The number of primary amides is 1. The number of anilines is 1. The van der Waals surface area contributed by atoms with Crippen molar-refractivity contribution >= 4 is 11.6 Å². The molecule has 0 saturated heterocycles. The zero-order chi connectivity index (χ0) is 13.1. The highest BCUT2D eigenvalue weighted by molar-refractivity contribution is 5.98. The molecule has 0 aromatic heterocycles. The standard InChI is InChI=1S/C13H18FN3O/c14-9-4-2-6-11(12(9)13(16)18)17-10-5-1-3-8(10)7-15/h2,4,6,8,10,17H,1,3,5,7,15H2,(H2,16,18). The van der Waals surface area contributed by atoms with Crippen LogP contribution in [0.15, 0.2) is 18.2 Å². The molecule has 4 nitrogen and oxygen atoms in total. The number of rotatable bonds is 4. The lowest BCUT2D eigenvalue weighted by Gasteiger charge is -2.22. The van der Waals surface area contributed by atoms with Crippen LogP contribution in [-0.2, 0) is 0 Å². The topological polar surface area (TPSA) is 81.1 Å². The summed E-state index contributed by atoms with van der Waals surface area (Å²) >= 11 is 0. The summed E-state index contributed by atoms with van der Waals surface area (Å²) in [7, 11) is 0. The Morgan fingerprint density at radius 3 is 2.89 bits per heavy atom. The second-order valence-electron chi connectivity index (χ2n) is 4.70. The van der Waals surface area contributed by atoms with Gasteiger partial charge in [0.25, 0.3) is 5.91 Å². The van der Waals surface area contributed by atoms with Gasteiger partial charge < -0.3 is 16.8 Å². The fraction of sp³-hybridized carbons (Fsp3) is 0.462. The van der Waals surface area contributed by atoms with E-state index in [4.69, 9.17) is 11.5 Å². The second-order valence-corrected chi connectivity index (χ2v) is 4.70. The smallest absolute Gasteiger partial charge is 0.253 e. The molecule has 0 aliphatic heterocycles. The van der Waals surface area contributed by atoms with E-state index in [1.54, 1.807) is 12.1 Å². The zero-order valence-corrected chi connectivity index (χ0v) is 10.2. The molecule has 2 atom stereocenters. The van der Waals surface area contributed by atoms with E-state index in [-0.39, 0.29) is 11.6 Å². The van der Waals surface area contributed by atoms with Crippen LogP contribution < -0.4 is 16.8 Å². The molecule has 1 amide bonds. The maximum atomic E-state index is 13.6. The molecule has 1 fully saturated rings. The van der Waals surface area contributed by atoms with Crippen molar-refractivity contribution in [1.29, 1.82) is 0 Å². The summed E-state index contributed by atoms with van der Waals surface area (Å²) in [5.74, 6) is -0.971. The van der Waals surface area contributed by atoms with Gasteiger partial charge in [-0.2, -0.15) is 0 Å². The van der Waals surface area contributed by atoms with Gasteiger partial charge in [-0.25, -0.2) is 4.39 Å². The Bertz CT molecular complexity index is 450. The van der Waals surface area contributed by atoms with Crippen molar-refractivity contribution in [2.45, 2.75) is 25.3 Å². The first-order valence-corrected chi connectivity index (χ1v) is 6.18. The van der Waals surface area contributed by atoms with E-state index >= 15 is 0 Å². The average Bonchev–Trinajstić information content (AvgIpc) is 2.76. The molecule has 2 unspecified atom stereocenters. The van der Waals surface area contributed by atoms with Crippen LogP contribution in [0.2, 0.25) is 0 Å². The van der Waals surface area contributed by atoms with Crippen LogP contribution in [0, 0.1) is 11.7 Å². The number of hydrogen-bond donors (Lipinski definition) is 3. The molecule has 98 valence electrons. The van der Waals surface area contributed by atoms with Gasteiger partial charge in [0.05, 0.1) is 11.3 Å². The van der Waals surface area contributed by atoms with Crippen molar-refractivity contribution < 1.29 is 9.18 Å². The third-order valence-corrected chi connectivity index (χ3v) is 3.56. The Kier molecular flexibility index (Phi) is 3.81. The minimum Gasteiger partial charge on any atom is -0.381 e. The molecule has 0 heterocycles. The molecule has 1 aromatic carbocycles. The Morgan fingerprint density at radius 2 is 2.22 bits per heavy atom. The van der Waals surface area contributed by atoms with Crippen LogP contribution in [0.1, 0.15) is 29.6 Å². The summed E-state index contributed by atoms with van der Waals surface area (Å²) in [4.78, 5) is 11.3. The largest absolute Gasteiger partial charge is 0.381 e. The maximum absolute atomic E-state index is 13.6. The maximum Gasteiger partial charge on any atom is 0.253 e. The molecule has 5 N–H and O–H groups in total. The number of halogens is 1. The SMILES string of the molecule is NCC1CCCC1Nc1cccc(F)c1C(N)=O. The highest BCUT2D eigenvalue weighted by Crippen LogP contribution is 2.29. The van der Waals surface area contributed by atoms with Crippen LogP contribution in [0.4, 0.5) is 10.1 Å². The van der Waals surface area contributed by atoms with Crippen molar-refractivity contribution in [3.63, 3.8) is 0 Å². The molecular formula is C13H18FN3O. The molecule has 0 bridgehead atoms. The van der Waals surface area contributed by atoms with Crippen molar-refractivity contribution in [1.82, 2.24) is 0 Å². The molecule has 1 aliphatic carbocycles. The second kappa shape index (κ2) is 5.35. The highest BCUT2D eigenvalue weighted by Gasteiger charge is 2.27. The number of hydrogen-bond acceptors (Lipinski definition) is 3. The highest BCUT2D eigenvalue weighted by atomic mass is 19.1. The summed E-state index contributed by atoms with van der Waals surface area (Å²) in [6, 6.07) is 4.67. The fourth-order valence-electron chi connectivity index (χ4n) is 2.60. The number of carbonyl (C=O) groups excluding carboxylic acids is 1. The predicted molar refractivity (Wildman–Crippen MR) is 68.7 cm³/mol. The van der Waals surface area contributed by atoms with E-state index in [0.717, 1.165) is 19.3 Å². The van der Waals surface area contributed by atoms with E-state index in [9.17, 15) is 9.18 Å². The van der Waals surface area contributed by atoms with Crippen LogP contribution in [-0.4, -0.2) is 18.5 Å². The molecule has 1 aromatic rings. The van der Waals surface area contributed by atoms with E-state index in [0.29, 0.717) is 18.2 Å². The first kappa shape index (κ1) is 12.8.